The summed E-state index contributed by atoms with van der Waals surface area (Å²) < 4.78 is 0. The zero-order valence-corrected chi connectivity index (χ0v) is 14.2. The Morgan fingerprint density at radius 1 is 1.18 bits per heavy atom. The molecule has 116 valence electrons. The molecule has 1 aromatic carbocycles. The Morgan fingerprint density at radius 3 is 2.45 bits per heavy atom. The maximum atomic E-state index is 11.9. The maximum Gasteiger partial charge on any atom is 0.270 e. The Hall–Kier alpha value is -1.49. The molecule has 0 saturated carbocycles. The first-order valence-corrected chi connectivity index (χ1v) is 7.65. The predicted molar refractivity (Wildman–Crippen MR) is 91.7 cm³/mol. The van der Waals surface area contributed by atoms with Crippen LogP contribution in [0.15, 0.2) is 24.3 Å². The second-order valence-corrected chi connectivity index (χ2v) is 6.23. The molecule has 1 amide bonds. The Balaban J connectivity index is 2.45. The van der Waals surface area contributed by atoms with Gasteiger partial charge in [0.2, 0.25) is 0 Å². The van der Waals surface area contributed by atoms with Gasteiger partial charge in [-0.15, -0.1) is 0 Å². The lowest BCUT2D eigenvalue weighted by Crippen LogP contribution is -2.30. The molecule has 4 nitrogen and oxygen atoms in total. The monoisotopic (exact) mass is 357 g/mol. The molecular weight excluding hydrogens is 345 g/mol. The summed E-state index contributed by atoms with van der Waals surface area (Å²) in [5.41, 5.74) is 7.33. The predicted octanol–water partition coefficient (Wildman–Crippen LogP) is 4.43. The normalized spacial score (nSPS) is 10.8. The summed E-state index contributed by atoms with van der Waals surface area (Å²) in [6, 6.07) is 6.45. The molecule has 1 heterocycles. The molecule has 0 radical (unpaired) electrons. The molecule has 22 heavy (non-hydrogen) atoms. The second-order valence-electron chi connectivity index (χ2n) is 5.01. The third kappa shape index (κ3) is 3.64. The third-order valence-corrected chi connectivity index (χ3v) is 3.88. The molecule has 2 rings (SSSR count). The van der Waals surface area contributed by atoms with E-state index in [1.807, 2.05) is 13.8 Å². The molecular formula is C15H14Cl3N3O. The molecule has 0 saturated heterocycles. The van der Waals surface area contributed by atoms with Crippen molar-refractivity contribution < 1.29 is 4.79 Å². The van der Waals surface area contributed by atoms with E-state index >= 15 is 0 Å². The van der Waals surface area contributed by atoms with E-state index in [2.05, 4.69) is 10.3 Å². The largest absolute Gasteiger partial charge is 0.383 e. The number of nitrogens with one attached hydrogen (secondary N) is 1. The molecule has 0 spiro atoms. The van der Waals surface area contributed by atoms with Crippen molar-refractivity contribution in [2.45, 2.75) is 19.9 Å². The summed E-state index contributed by atoms with van der Waals surface area (Å²) in [5.74, 6) is -0.111. The van der Waals surface area contributed by atoms with E-state index in [0.29, 0.717) is 26.2 Å². The number of carbonyl (C=O) groups is 1. The number of aromatic nitrogens is 1. The van der Waals surface area contributed by atoms with Crippen LogP contribution in [0.25, 0.3) is 11.1 Å². The van der Waals surface area contributed by atoms with Gasteiger partial charge in [0.25, 0.3) is 5.91 Å². The molecule has 1 aromatic heterocycles. The van der Waals surface area contributed by atoms with Crippen molar-refractivity contribution in [2.75, 3.05) is 5.73 Å². The van der Waals surface area contributed by atoms with Gasteiger partial charge in [-0.2, -0.15) is 0 Å². The van der Waals surface area contributed by atoms with Crippen LogP contribution < -0.4 is 11.1 Å². The summed E-state index contributed by atoms with van der Waals surface area (Å²) in [7, 11) is 0. The molecule has 7 heteroatoms. The number of hydrogen-bond acceptors (Lipinski definition) is 3. The minimum absolute atomic E-state index is 0.0105. The Kier molecular flexibility index (Phi) is 5.16. The summed E-state index contributed by atoms with van der Waals surface area (Å²) in [6.45, 7) is 3.73. The van der Waals surface area contributed by atoms with E-state index in [4.69, 9.17) is 40.5 Å². The first-order chi connectivity index (χ1) is 10.3. The number of anilines is 1. The lowest BCUT2D eigenvalue weighted by Gasteiger charge is -2.12. The molecule has 0 aliphatic heterocycles. The Labute approximate surface area is 143 Å². The van der Waals surface area contributed by atoms with Crippen LogP contribution in [0.2, 0.25) is 15.1 Å². The smallest absolute Gasteiger partial charge is 0.270 e. The van der Waals surface area contributed by atoms with Crippen molar-refractivity contribution in [1.82, 2.24) is 10.3 Å². The average molecular weight is 359 g/mol. The van der Waals surface area contributed by atoms with Gasteiger partial charge in [0.15, 0.2) is 0 Å². The molecule has 0 unspecified atom stereocenters. The van der Waals surface area contributed by atoms with Gasteiger partial charge >= 0.3 is 0 Å². The molecule has 0 aliphatic carbocycles. The fourth-order valence-electron chi connectivity index (χ4n) is 1.92. The zero-order chi connectivity index (χ0) is 16.4. The van der Waals surface area contributed by atoms with Crippen molar-refractivity contribution >= 4 is 46.5 Å². The number of nitrogens with zero attached hydrogens (tertiary/aromatic N) is 1. The quantitative estimate of drug-likeness (QED) is 0.798. The number of pyridine rings is 1. The molecule has 0 bridgehead atoms. The number of benzene rings is 1. The number of hydrogen-bond donors (Lipinski definition) is 2. The van der Waals surface area contributed by atoms with Gasteiger partial charge in [-0.05, 0) is 38.1 Å². The number of carbonyl (C=O) groups excluding carboxylic acids is 1. The van der Waals surface area contributed by atoms with Crippen molar-refractivity contribution in [1.29, 1.82) is 0 Å². The molecule has 2 aromatic rings. The van der Waals surface area contributed by atoms with E-state index in [9.17, 15) is 4.79 Å². The van der Waals surface area contributed by atoms with Crippen LogP contribution in [0.1, 0.15) is 24.3 Å². The van der Waals surface area contributed by atoms with E-state index in [0.717, 1.165) is 0 Å². The summed E-state index contributed by atoms with van der Waals surface area (Å²) in [5, 5.41) is 3.84. The minimum atomic E-state index is -0.288. The van der Waals surface area contributed by atoms with Crippen LogP contribution >= 0.6 is 34.8 Å². The van der Waals surface area contributed by atoms with Crippen LogP contribution in [0.4, 0.5) is 5.82 Å². The van der Waals surface area contributed by atoms with E-state index in [1.54, 1.807) is 24.3 Å². The number of rotatable bonds is 3. The third-order valence-electron chi connectivity index (χ3n) is 2.86. The summed E-state index contributed by atoms with van der Waals surface area (Å²) >= 11 is 18.2. The number of nitrogens with two attached hydrogens (primary N) is 1. The van der Waals surface area contributed by atoms with E-state index in [1.165, 1.54) is 0 Å². The van der Waals surface area contributed by atoms with Crippen molar-refractivity contribution in [2.24, 2.45) is 0 Å². The first-order valence-electron chi connectivity index (χ1n) is 6.52. The number of amides is 1. The highest BCUT2D eigenvalue weighted by atomic mass is 35.5. The van der Waals surface area contributed by atoms with Gasteiger partial charge < -0.3 is 11.1 Å². The SMILES string of the molecule is CC(C)NC(=O)c1ccc(-c2cc(Cl)cc(Cl)c2Cl)c(N)n1. The Morgan fingerprint density at radius 2 is 1.86 bits per heavy atom. The topological polar surface area (TPSA) is 68.0 Å². The van der Waals surface area contributed by atoms with Gasteiger partial charge in [0.05, 0.1) is 10.0 Å². The highest BCUT2D eigenvalue weighted by molar-refractivity contribution is 6.45. The van der Waals surface area contributed by atoms with Gasteiger partial charge in [-0.25, -0.2) is 4.98 Å². The van der Waals surface area contributed by atoms with Crippen LogP contribution in [0.5, 0.6) is 0 Å². The number of halogens is 3. The fraction of sp³-hybridized carbons (Fsp3) is 0.200. The summed E-state index contributed by atoms with van der Waals surface area (Å²) in [4.78, 5) is 16.1. The molecule has 3 N–H and O–H groups in total. The standard InChI is InChI=1S/C15H14Cl3N3O/c1-7(2)20-15(22)12-4-3-9(14(19)21-12)10-5-8(16)6-11(17)13(10)18/h3-7H,1-2H3,(H2,19,21)(H,20,22). The van der Waals surface area contributed by atoms with Crippen LogP contribution in [0, 0.1) is 0 Å². The van der Waals surface area contributed by atoms with Crippen molar-refractivity contribution in [3.63, 3.8) is 0 Å². The lowest BCUT2D eigenvalue weighted by molar-refractivity contribution is 0.0938. The van der Waals surface area contributed by atoms with E-state index in [-0.39, 0.29) is 23.5 Å². The van der Waals surface area contributed by atoms with Gasteiger partial charge in [0, 0.05) is 22.2 Å². The van der Waals surface area contributed by atoms with Crippen molar-refractivity contribution in [3.8, 4) is 11.1 Å². The van der Waals surface area contributed by atoms with Crippen LogP contribution in [-0.2, 0) is 0 Å². The number of nitrogen functional groups attached to an aromatic ring is 1. The van der Waals surface area contributed by atoms with Crippen molar-refractivity contribution in [3.05, 3.63) is 45.0 Å². The maximum absolute atomic E-state index is 11.9. The molecule has 0 atom stereocenters. The summed E-state index contributed by atoms with van der Waals surface area (Å²) in [6.07, 6.45) is 0. The fourth-order valence-corrected chi connectivity index (χ4v) is 2.62. The average Bonchev–Trinajstić information content (AvgIpc) is 2.42. The highest BCUT2D eigenvalue weighted by Crippen LogP contribution is 2.38. The highest BCUT2D eigenvalue weighted by Gasteiger charge is 2.15. The zero-order valence-electron chi connectivity index (χ0n) is 12.0. The minimum Gasteiger partial charge on any atom is -0.383 e. The van der Waals surface area contributed by atoms with Gasteiger partial charge in [-0.3, -0.25) is 4.79 Å². The van der Waals surface area contributed by atoms with Crippen LogP contribution in [0.3, 0.4) is 0 Å². The Bertz CT molecular complexity index is 732. The van der Waals surface area contributed by atoms with Gasteiger partial charge in [0.1, 0.15) is 11.5 Å². The first kappa shape index (κ1) is 16.9. The lowest BCUT2D eigenvalue weighted by atomic mass is 10.1. The van der Waals surface area contributed by atoms with Gasteiger partial charge in [-0.1, -0.05) is 34.8 Å². The second kappa shape index (κ2) is 6.73. The van der Waals surface area contributed by atoms with Crippen LogP contribution in [-0.4, -0.2) is 16.9 Å². The molecule has 0 aliphatic rings. The molecule has 0 fully saturated rings. The van der Waals surface area contributed by atoms with E-state index < -0.39 is 0 Å².